The Hall–Kier alpha value is -2.58. The first kappa shape index (κ1) is 18.4. The SMILES string of the molecule is CCc1ccccc1S(=O)(=O)N1[C@@H]2CC[C@H]1Cc1nnc(-c3cccnc3)n1C2. The Morgan fingerprint density at radius 3 is 2.69 bits per heavy atom. The third kappa shape index (κ3) is 2.98. The molecule has 2 aliphatic heterocycles. The molecule has 0 spiro atoms. The maximum atomic E-state index is 13.7. The van der Waals surface area contributed by atoms with E-state index in [1.54, 1.807) is 28.8 Å². The van der Waals surface area contributed by atoms with E-state index < -0.39 is 10.0 Å². The Labute approximate surface area is 170 Å². The number of pyridine rings is 1. The van der Waals surface area contributed by atoms with E-state index in [1.807, 2.05) is 31.2 Å². The van der Waals surface area contributed by atoms with Crippen LogP contribution in [0.3, 0.4) is 0 Å². The summed E-state index contributed by atoms with van der Waals surface area (Å²) in [5.41, 5.74) is 1.77. The van der Waals surface area contributed by atoms with Crippen molar-refractivity contribution < 1.29 is 8.42 Å². The lowest BCUT2D eigenvalue weighted by atomic mass is 10.1. The van der Waals surface area contributed by atoms with Crippen molar-refractivity contribution in [3.05, 3.63) is 60.2 Å². The molecule has 0 amide bonds. The fraction of sp³-hybridized carbons (Fsp3) is 0.381. The monoisotopic (exact) mass is 409 g/mol. The summed E-state index contributed by atoms with van der Waals surface area (Å²) in [6.45, 7) is 2.56. The summed E-state index contributed by atoms with van der Waals surface area (Å²) in [4.78, 5) is 4.62. The molecule has 8 heteroatoms. The molecule has 1 saturated heterocycles. The number of aryl methyl sites for hydroxylation is 1. The summed E-state index contributed by atoms with van der Waals surface area (Å²) >= 11 is 0. The van der Waals surface area contributed by atoms with Crippen LogP contribution in [0.25, 0.3) is 11.4 Å². The molecule has 2 aliphatic rings. The van der Waals surface area contributed by atoms with Gasteiger partial charge in [-0.25, -0.2) is 8.42 Å². The normalized spacial score (nSPS) is 21.7. The number of rotatable bonds is 4. The molecule has 4 heterocycles. The minimum atomic E-state index is -3.58. The van der Waals surface area contributed by atoms with Crippen LogP contribution in [0.2, 0.25) is 0 Å². The predicted octanol–water partition coefficient (Wildman–Crippen LogP) is 2.68. The Balaban J connectivity index is 1.55. The van der Waals surface area contributed by atoms with E-state index in [-0.39, 0.29) is 12.1 Å². The molecule has 0 N–H and O–H groups in total. The van der Waals surface area contributed by atoms with Crippen LogP contribution < -0.4 is 0 Å². The second kappa shape index (κ2) is 7.03. The van der Waals surface area contributed by atoms with Gasteiger partial charge in [-0.05, 0) is 43.0 Å². The van der Waals surface area contributed by atoms with Crippen LogP contribution in [-0.4, -0.2) is 44.6 Å². The van der Waals surface area contributed by atoms with Crippen molar-refractivity contribution in [2.75, 3.05) is 0 Å². The zero-order valence-electron chi connectivity index (χ0n) is 16.3. The van der Waals surface area contributed by atoms with Crippen LogP contribution in [0.15, 0.2) is 53.7 Å². The largest absolute Gasteiger partial charge is 0.309 e. The van der Waals surface area contributed by atoms with Gasteiger partial charge in [-0.1, -0.05) is 25.1 Å². The molecule has 2 atom stereocenters. The molecule has 7 nitrogen and oxygen atoms in total. The highest BCUT2D eigenvalue weighted by Crippen LogP contribution is 2.37. The fourth-order valence-electron chi connectivity index (χ4n) is 4.66. The minimum Gasteiger partial charge on any atom is -0.309 e. The predicted molar refractivity (Wildman–Crippen MR) is 109 cm³/mol. The smallest absolute Gasteiger partial charge is 0.243 e. The van der Waals surface area contributed by atoms with Gasteiger partial charge in [0.25, 0.3) is 0 Å². The van der Waals surface area contributed by atoms with Crippen molar-refractivity contribution in [1.82, 2.24) is 24.1 Å². The van der Waals surface area contributed by atoms with Crippen LogP contribution in [-0.2, 0) is 29.4 Å². The molecule has 3 aromatic rings. The lowest BCUT2D eigenvalue weighted by Gasteiger charge is -2.28. The van der Waals surface area contributed by atoms with E-state index >= 15 is 0 Å². The van der Waals surface area contributed by atoms with E-state index in [1.165, 1.54) is 0 Å². The molecule has 0 unspecified atom stereocenters. The van der Waals surface area contributed by atoms with Gasteiger partial charge in [-0.15, -0.1) is 10.2 Å². The minimum absolute atomic E-state index is 0.0814. The van der Waals surface area contributed by atoms with Gasteiger partial charge in [0.1, 0.15) is 5.82 Å². The summed E-state index contributed by atoms with van der Waals surface area (Å²) in [5, 5.41) is 8.78. The third-order valence-corrected chi connectivity index (χ3v) is 8.13. The van der Waals surface area contributed by atoms with E-state index in [0.29, 0.717) is 24.3 Å². The van der Waals surface area contributed by atoms with Gasteiger partial charge < -0.3 is 4.57 Å². The Kier molecular flexibility index (Phi) is 4.48. The molecule has 0 radical (unpaired) electrons. The second-order valence-electron chi connectivity index (χ2n) is 7.68. The van der Waals surface area contributed by atoms with Crippen LogP contribution in [0, 0.1) is 0 Å². The molecule has 5 rings (SSSR count). The summed E-state index contributed by atoms with van der Waals surface area (Å²) < 4.78 is 31.2. The summed E-state index contributed by atoms with van der Waals surface area (Å²) in [5.74, 6) is 1.60. The Morgan fingerprint density at radius 2 is 1.90 bits per heavy atom. The first-order valence-electron chi connectivity index (χ1n) is 10.0. The number of fused-ring (bicyclic) bond motifs is 3. The van der Waals surface area contributed by atoms with E-state index in [2.05, 4.69) is 19.7 Å². The maximum Gasteiger partial charge on any atom is 0.243 e. The van der Waals surface area contributed by atoms with Crippen molar-refractivity contribution in [2.45, 2.75) is 56.1 Å². The van der Waals surface area contributed by atoms with Crippen molar-refractivity contribution in [3.8, 4) is 11.4 Å². The highest BCUT2D eigenvalue weighted by molar-refractivity contribution is 7.89. The zero-order chi connectivity index (χ0) is 20.0. The van der Waals surface area contributed by atoms with Crippen LogP contribution in [0.5, 0.6) is 0 Å². The highest BCUT2D eigenvalue weighted by atomic mass is 32.2. The summed E-state index contributed by atoms with van der Waals surface area (Å²) in [6, 6.07) is 11.0. The average molecular weight is 410 g/mol. The van der Waals surface area contributed by atoms with Crippen molar-refractivity contribution in [2.24, 2.45) is 0 Å². The van der Waals surface area contributed by atoms with Gasteiger partial charge in [-0.3, -0.25) is 4.98 Å². The van der Waals surface area contributed by atoms with Gasteiger partial charge in [-0.2, -0.15) is 4.31 Å². The van der Waals surface area contributed by atoms with Crippen LogP contribution in [0.4, 0.5) is 0 Å². The summed E-state index contributed by atoms with van der Waals surface area (Å²) in [6.07, 6.45) is 6.47. The van der Waals surface area contributed by atoms with E-state index in [0.717, 1.165) is 35.6 Å². The number of benzene rings is 1. The molecule has 150 valence electrons. The number of aromatic nitrogens is 4. The number of hydrogen-bond donors (Lipinski definition) is 0. The highest BCUT2D eigenvalue weighted by Gasteiger charge is 2.45. The average Bonchev–Trinajstić information content (AvgIpc) is 3.28. The lowest BCUT2D eigenvalue weighted by Crippen LogP contribution is -2.42. The quantitative estimate of drug-likeness (QED) is 0.662. The van der Waals surface area contributed by atoms with Crippen molar-refractivity contribution in [1.29, 1.82) is 0 Å². The molecule has 0 saturated carbocycles. The topological polar surface area (TPSA) is 81.0 Å². The maximum absolute atomic E-state index is 13.7. The van der Waals surface area contributed by atoms with Crippen molar-refractivity contribution >= 4 is 10.0 Å². The molecule has 29 heavy (non-hydrogen) atoms. The molecular weight excluding hydrogens is 386 g/mol. The first-order valence-corrected chi connectivity index (χ1v) is 11.5. The Bertz CT molecular complexity index is 1140. The molecule has 1 aromatic carbocycles. The molecule has 2 bridgehead atoms. The van der Waals surface area contributed by atoms with Gasteiger partial charge in [0.2, 0.25) is 10.0 Å². The number of hydrogen-bond acceptors (Lipinski definition) is 5. The second-order valence-corrected chi connectivity index (χ2v) is 9.49. The first-order chi connectivity index (χ1) is 14.1. The lowest BCUT2D eigenvalue weighted by molar-refractivity contribution is 0.315. The molecule has 0 aliphatic carbocycles. The molecular formula is C21H23N5O2S. The molecule has 1 fully saturated rings. The van der Waals surface area contributed by atoms with Gasteiger partial charge in [0.15, 0.2) is 5.82 Å². The Morgan fingerprint density at radius 1 is 1.07 bits per heavy atom. The standard InChI is InChI=1S/C21H23N5O2S/c1-2-15-6-3-4-8-19(15)29(27,28)26-17-9-10-18(26)14-25-20(12-17)23-24-21(25)16-7-5-11-22-13-16/h3-8,11,13,17-18H,2,9-10,12,14H2,1H3/t17-,18+/m0/s1. The van der Waals surface area contributed by atoms with Crippen LogP contribution >= 0.6 is 0 Å². The molecule has 2 aromatic heterocycles. The van der Waals surface area contributed by atoms with Gasteiger partial charge >= 0.3 is 0 Å². The van der Waals surface area contributed by atoms with E-state index in [4.69, 9.17) is 0 Å². The van der Waals surface area contributed by atoms with Crippen LogP contribution in [0.1, 0.15) is 31.2 Å². The van der Waals surface area contributed by atoms with Gasteiger partial charge in [0.05, 0.1) is 4.90 Å². The van der Waals surface area contributed by atoms with Gasteiger partial charge in [0, 0.05) is 43.0 Å². The van der Waals surface area contributed by atoms with E-state index in [9.17, 15) is 8.42 Å². The number of nitrogens with zero attached hydrogens (tertiary/aromatic N) is 5. The third-order valence-electron chi connectivity index (χ3n) is 6.02. The van der Waals surface area contributed by atoms with Crippen molar-refractivity contribution in [3.63, 3.8) is 0 Å². The number of sulfonamides is 1. The summed E-state index contributed by atoms with van der Waals surface area (Å²) in [7, 11) is -3.58. The zero-order valence-corrected chi connectivity index (χ0v) is 17.1. The fourth-order valence-corrected chi connectivity index (χ4v) is 6.82.